The highest BCUT2D eigenvalue weighted by Crippen LogP contribution is 2.31. The third-order valence-electron chi connectivity index (χ3n) is 5.84. The number of nitrogens with zero attached hydrogens (tertiary/aromatic N) is 3. The normalized spacial score (nSPS) is 11.6. The van der Waals surface area contributed by atoms with E-state index < -0.39 is 17.6 Å². The van der Waals surface area contributed by atoms with E-state index in [1.54, 1.807) is 30.7 Å². The van der Waals surface area contributed by atoms with Gasteiger partial charge in [0.05, 0.1) is 22.3 Å². The van der Waals surface area contributed by atoms with Crippen molar-refractivity contribution in [1.29, 1.82) is 0 Å². The first kappa shape index (κ1) is 23.2. The highest BCUT2D eigenvalue weighted by Gasteiger charge is 2.30. The van der Waals surface area contributed by atoms with E-state index in [0.29, 0.717) is 17.8 Å². The van der Waals surface area contributed by atoms with Crippen LogP contribution in [0, 0.1) is 6.92 Å². The summed E-state index contributed by atoms with van der Waals surface area (Å²) in [6.07, 6.45) is 1.08. The fraction of sp³-hybridized carbons (Fsp3) is 0.111. The smallest absolute Gasteiger partial charge is 0.358 e. The molecule has 0 aliphatic rings. The lowest BCUT2D eigenvalue weighted by atomic mass is 9.99. The Labute approximate surface area is 204 Å². The third-order valence-corrected chi connectivity index (χ3v) is 5.84. The predicted molar refractivity (Wildman–Crippen MR) is 131 cm³/mol. The topological polar surface area (TPSA) is 83.6 Å². The highest BCUT2D eigenvalue weighted by molar-refractivity contribution is 6.04. The van der Waals surface area contributed by atoms with Gasteiger partial charge in [-0.25, -0.2) is 9.97 Å². The van der Waals surface area contributed by atoms with Crippen molar-refractivity contribution < 1.29 is 18.0 Å². The van der Waals surface area contributed by atoms with Crippen LogP contribution < -0.4 is 5.32 Å². The maximum atomic E-state index is 13.0. The number of pyridine rings is 1. The van der Waals surface area contributed by atoms with Crippen LogP contribution in [0.4, 0.5) is 18.9 Å². The van der Waals surface area contributed by atoms with E-state index in [2.05, 4.69) is 20.3 Å². The molecule has 0 unspecified atom stereocenters. The van der Waals surface area contributed by atoms with Crippen molar-refractivity contribution in [3.63, 3.8) is 0 Å². The molecule has 0 aliphatic heterocycles. The van der Waals surface area contributed by atoms with Crippen molar-refractivity contribution in [3.8, 4) is 11.4 Å². The zero-order valence-corrected chi connectivity index (χ0v) is 19.1. The van der Waals surface area contributed by atoms with Crippen molar-refractivity contribution in [2.45, 2.75) is 19.5 Å². The van der Waals surface area contributed by atoms with Gasteiger partial charge in [-0.3, -0.25) is 9.78 Å². The molecule has 2 aromatic carbocycles. The fourth-order valence-corrected chi connectivity index (χ4v) is 3.93. The van der Waals surface area contributed by atoms with Crippen LogP contribution in [0.3, 0.4) is 0 Å². The molecule has 0 bridgehead atoms. The Kier molecular flexibility index (Phi) is 5.97. The number of amides is 1. The summed E-state index contributed by atoms with van der Waals surface area (Å²) in [6.45, 7) is 1.93. The number of aromatic nitrogens is 4. The molecule has 0 fully saturated rings. The summed E-state index contributed by atoms with van der Waals surface area (Å²) in [6, 6.07) is 15.3. The molecular formula is C27H20F3N5O. The molecule has 0 atom stereocenters. The minimum atomic E-state index is -4.49. The van der Waals surface area contributed by atoms with Crippen LogP contribution in [0.15, 0.2) is 79.3 Å². The molecule has 3 aromatic heterocycles. The predicted octanol–water partition coefficient (Wildman–Crippen LogP) is 6.19. The second-order valence-electron chi connectivity index (χ2n) is 8.32. The van der Waals surface area contributed by atoms with Crippen LogP contribution in [0.25, 0.3) is 22.4 Å². The summed E-state index contributed by atoms with van der Waals surface area (Å²) in [7, 11) is 0. The molecule has 0 spiro atoms. The Balaban J connectivity index is 1.45. The largest absolute Gasteiger partial charge is 0.416 e. The summed E-state index contributed by atoms with van der Waals surface area (Å²) in [4.78, 5) is 29.5. The van der Waals surface area contributed by atoms with Crippen molar-refractivity contribution in [1.82, 2.24) is 19.9 Å². The van der Waals surface area contributed by atoms with E-state index in [0.717, 1.165) is 45.6 Å². The molecule has 1 amide bonds. The van der Waals surface area contributed by atoms with E-state index in [4.69, 9.17) is 4.98 Å². The first-order valence-corrected chi connectivity index (χ1v) is 11.1. The molecule has 0 radical (unpaired) electrons. The second kappa shape index (κ2) is 9.26. The van der Waals surface area contributed by atoms with Gasteiger partial charge in [-0.2, -0.15) is 13.2 Å². The number of carbonyl (C=O) groups excluding carboxylic acids is 1. The summed E-state index contributed by atoms with van der Waals surface area (Å²) < 4.78 is 39.1. The average molecular weight is 487 g/mol. The van der Waals surface area contributed by atoms with E-state index in [9.17, 15) is 18.0 Å². The van der Waals surface area contributed by atoms with Gasteiger partial charge in [-0.1, -0.05) is 12.1 Å². The molecule has 3 heterocycles. The summed E-state index contributed by atoms with van der Waals surface area (Å²) in [5, 5.41) is 2.56. The lowest BCUT2D eigenvalue weighted by Crippen LogP contribution is -2.14. The van der Waals surface area contributed by atoms with Gasteiger partial charge in [0.2, 0.25) is 0 Å². The summed E-state index contributed by atoms with van der Waals surface area (Å²) >= 11 is 0. The molecule has 5 rings (SSSR count). The molecular weight excluding hydrogens is 467 g/mol. The van der Waals surface area contributed by atoms with Crippen LogP contribution >= 0.6 is 0 Å². The molecule has 0 saturated carbocycles. The SMILES string of the molecule is Cc1ccc(C(=O)Nc2cccc(C(F)(F)F)c2)cc1Cc1nc(-c2ccncc2)nc2cc[nH]c12. The molecule has 36 heavy (non-hydrogen) atoms. The van der Waals surface area contributed by atoms with Crippen molar-refractivity contribution in [2.24, 2.45) is 0 Å². The van der Waals surface area contributed by atoms with Gasteiger partial charge in [0.15, 0.2) is 5.82 Å². The number of halogens is 3. The number of anilines is 1. The average Bonchev–Trinajstić information content (AvgIpc) is 3.35. The summed E-state index contributed by atoms with van der Waals surface area (Å²) in [5.74, 6) is 0.0661. The number of benzene rings is 2. The van der Waals surface area contributed by atoms with Crippen LogP contribution in [-0.2, 0) is 12.6 Å². The van der Waals surface area contributed by atoms with Gasteiger partial charge in [0.25, 0.3) is 5.91 Å². The fourth-order valence-electron chi connectivity index (χ4n) is 3.93. The van der Waals surface area contributed by atoms with Gasteiger partial charge in [0, 0.05) is 41.8 Å². The zero-order valence-electron chi connectivity index (χ0n) is 19.1. The standard InChI is InChI=1S/C27H20F3N5O/c1-16-5-6-18(26(36)33-21-4-2-3-20(15-21)27(28,29)30)13-19(16)14-23-24-22(9-12-32-24)34-25(35-23)17-7-10-31-11-8-17/h2-13,15,32H,14H2,1H3,(H,33,36). The van der Waals surface area contributed by atoms with Gasteiger partial charge in [-0.05, 0) is 66.6 Å². The maximum absolute atomic E-state index is 13.0. The number of aryl methyl sites for hydroxylation is 1. The quantitative estimate of drug-likeness (QED) is 0.310. The molecule has 0 aliphatic carbocycles. The van der Waals surface area contributed by atoms with Gasteiger partial charge in [-0.15, -0.1) is 0 Å². The Hall–Kier alpha value is -4.53. The lowest BCUT2D eigenvalue weighted by molar-refractivity contribution is -0.137. The van der Waals surface area contributed by atoms with Crippen LogP contribution in [0.2, 0.25) is 0 Å². The number of nitrogens with one attached hydrogen (secondary N) is 2. The Bertz CT molecular complexity index is 1560. The van der Waals surface area contributed by atoms with Crippen molar-refractivity contribution >= 4 is 22.6 Å². The van der Waals surface area contributed by atoms with E-state index in [1.165, 1.54) is 12.1 Å². The Morgan fingerprint density at radius 3 is 2.58 bits per heavy atom. The minimum Gasteiger partial charge on any atom is -0.358 e. The van der Waals surface area contributed by atoms with E-state index >= 15 is 0 Å². The van der Waals surface area contributed by atoms with Crippen molar-refractivity contribution in [3.05, 3.63) is 107 Å². The number of aromatic amines is 1. The lowest BCUT2D eigenvalue weighted by Gasteiger charge is -2.12. The van der Waals surface area contributed by atoms with Crippen molar-refractivity contribution in [2.75, 3.05) is 5.32 Å². The van der Waals surface area contributed by atoms with Gasteiger partial charge >= 0.3 is 6.18 Å². The molecule has 2 N–H and O–H groups in total. The van der Waals surface area contributed by atoms with Crippen LogP contribution in [0.1, 0.15) is 32.7 Å². The molecule has 180 valence electrons. The minimum absolute atomic E-state index is 0.0721. The number of H-pyrrole nitrogens is 1. The monoisotopic (exact) mass is 487 g/mol. The molecule has 0 saturated heterocycles. The maximum Gasteiger partial charge on any atom is 0.416 e. The van der Waals surface area contributed by atoms with Crippen LogP contribution in [-0.4, -0.2) is 25.8 Å². The van der Waals surface area contributed by atoms with E-state index in [-0.39, 0.29) is 5.69 Å². The van der Waals surface area contributed by atoms with Gasteiger partial charge in [0.1, 0.15) is 0 Å². The number of rotatable bonds is 5. The number of carbonyl (C=O) groups is 1. The second-order valence-corrected chi connectivity index (χ2v) is 8.32. The van der Waals surface area contributed by atoms with Gasteiger partial charge < -0.3 is 10.3 Å². The van der Waals surface area contributed by atoms with Crippen LogP contribution in [0.5, 0.6) is 0 Å². The number of hydrogen-bond acceptors (Lipinski definition) is 4. The van der Waals surface area contributed by atoms with E-state index in [1.807, 2.05) is 31.2 Å². The number of alkyl halides is 3. The number of hydrogen-bond donors (Lipinski definition) is 2. The number of fused-ring (bicyclic) bond motifs is 1. The Morgan fingerprint density at radius 2 is 1.81 bits per heavy atom. The first-order valence-electron chi connectivity index (χ1n) is 11.1. The molecule has 6 nitrogen and oxygen atoms in total. The first-order chi connectivity index (χ1) is 17.3. The molecule has 5 aromatic rings. The Morgan fingerprint density at radius 1 is 1.00 bits per heavy atom. The summed E-state index contributed by atoms with van der Waals surface area (Å²) in [5.41, 5.74) is 4.55. The zero-order chi connectivity index (χ0) is 25.3. The third kappa shape index (κ3) is 4.81. The highest BCUT2D eigenvalue weighted by atomic mass is 19.4. The molecule has 9 heteroatoms.